The molecule has 0 saturated heterocycles. The van der Waals surface area contributed by atoms with Crippen LogP contribution in [0.1, 0.15) is 43.2 Å². The second kappa shape index (κ2) is 5.08. The maximum Gasteiger partial charge on any atom is 0.331 e. The molecule has 1 aromatic rings. The van der Waals surface area contributed by atoms with Gasteiger partial charge in [-0.3, -0.25) is 0 Å². The van der Waals surface area contributed by atoms with E-state index >= 15 is 0 Å². The number of rotatable bonds is 2. The molecule has 2 aliphatic rings. The molecule has 3 rings (SSSR count). The average molecular weight is 258 g/mol. The van der Waals surface area contributed by atoms with E-state index in [0.717, 1.165) is 31.3 Å². The van der Waals surface area contributed by atoms with Crippen molar-refractivity contribution in [2.24, 2.45) is 0 Å². The standard InChI is InChI=1S/C16H18O3/c1-2-4-11-5-3-6-15-12(8-16(17)19-15)7-13-9-18-10-14(11)13/h3,5,8-11,15H,2,4,6-7H2,1H3/b5-3-/t11-,15+/m1/s1. The molecule has 3 heteroatoms. The second-order valence-corrected chi connectivity index (χ2v) is 5.23. The quantitative estimate of drug-likeness (QED) is 0.602. The predicted octanol–water partition coefficient (Wildman–Crippen LogP) is 3.52. The lowest BCUT2D eigenvalue weighted by Crippen LogP contribution is -2.11. The van der Waals surface area contributed by atoms with Crippen molar-refractivity contribution in [3.8, 4) is 0 Å². The van der Waals surface area contributed by atoms with E-state index in [1.165, 1.54) is 11.1 Å². The normalized spacial score (nSPS) is 27.4. The SMILES string of the molecule is CCC[C@@H]1/C=C\C[C@@H]2OC(=O)C=C2Cc2cocc21. The van der Waals surface area contributed by atoms with Crippen molar-refractivity contribution < 1.29 is 13.9 Å². The lowest BCUT2D eigenvalue weighted by Gasteiger charge is -2.12. The topological polar surface area (TPSA) is 39.4 Å². The largest absolute Gasteiger partial charge is 0.472 e. The van der Waals surface area contributed by atoms with Gasteiger partial charge < -0.3 is 9.15 Å². The summed E-state index contributed by atoms with van der Waals surface area (Å²) in [6, 6.07) is 0. The van der Waals surface area contributed by atoms with Gasteiger partial charge in [-0.25, -0.2) is 4.79 Å². The Morgan fingerprint density at radius 3 is 3.11 bits per heavy atom. The predicted molar refractivity (Wildman–Crippen MR) is 71.8 cm³/mol. The summed E-state index contributed by atoms with van der Waals surface area (Å²) in [6.45, 7) is 2.19. The number of hydrogen-bond acceptors (Lipinski definition) is 3. The van der Waals surface area contributed by atoms with Crippen LogP contribution in [0.2, 0.25) is 0 Å². The highest BCUT2D eigenvalue weighted by molar-refractivity contribution is 5.86. The van der Waals surface area contributed by atoms with E-state index in [0.29, 0.717) is 5.92 Å². The zero-order valence-corrected chi connectivity index (χ0v) is 11.1. The van der Waals surface area contributed by atoms with Gasteiger partial charge in [-0.1, -0.05) is 25.5 Å². The van der Waals surface area contributed by atoms with Crippen LogP contribution < -0.4 is 0 Å². The van der Waals surface area contributed by atoms with Crippen LogP contribution in [-0.2, 0) is 16.0 Å². The third-order valence-corrected chi connectivity index (χ3v) is 3.86. The Morgan fingerprint density at radius 1 is 1.37 bits per heavy atom. The average Bonchev–Trinajstić information content (AvgIpc) is 2.95. The fraction of sp³-hybridized carbons (Fsp3) is 0.438. The van der Waals surface area contributed by atoms with Gasteiger partial charge in [-0.05, 0) is 17.6 Å². The van der Waals surface area contributed by atoms with E-state index in [-0.39, 0.29) is 12.1 Å². The first-order chi connectivity index (χ1) is 9.28. The molecule has 0 saturated carbocycles. The number of fused-ring (bicyclic) bond motifs is 2. The molecule has 1 aliphatic carbocycles. The Labute approximate surface area is 112 Å². The molecule has 100 valence electrons. The molecule has 1 aromatic heterocycles. The van der Waals surface area contributed by atoms with Crippen LogP contribution in [0, 0.1) is 0 Å². The molecule has 1 aliphatic heterocycles. The summed E-state index contributed by atoms with van der Waals surface area (Å²) in [5.74, 6) is 0.193. The van der Waals surface area contributed by atoms with E-state index in [9.17, 15) is 4.79 Å². The Balaban J connectivity index is 1.96. The van der Waals surface area contributed by atoms with E-state index in [1.807, 2.05) is 6.26 Å². The summed E-state index contributed by atoms with van der Waals surface area (Å²) in [5.41, 5.74) is 3.49. The van der Waals surface area contributed by atoms with Crippen molar-refractivity contribution in [1.29, 1.82) is 0 Å². The molecule has 2 atom stereocenters. The Kier molecular flexibility index (Phi) is 3.28. The first-order valence-electron chi connectivity index (χ1n) is 6.90. The summed E-state index contributed by atoms with van der Waals surface area (Å²) in [5, 5.41) is 0. The summed E-state index contributed by atoms with van der Waals surface area (Å²) in [4.78, 5) is 11.4. The van der Waals surface area contributed by atoms with Gasteiger partial charge in [-0.2, -0.15) is 0 Å². The smallest absolute Gasteiger partial charge is 0.331 e. The third-order valence-electron chi connectivity index (χ3n) is 3.86. The minimum atomic E-state index is -0.218. The molecule has 0 radical (unpaired) electrons. The number of hydrogen-bond donors (Lipinski definition) is 0. The van der Waals surface area contributed by atoms with E-state index in [1.54, 1.807) is 12.3 Å². The number of furan rings is 1. The minimum Gasteiger partial charge on any atom is -0.472 e. The maximum absolute atomic E-state index is 11.4. The summed E-state index contributed by atoms with van der Waals surface area (Å²) < 4.78 is 10.7. The van der Waals surface area contributed by atoms with E-state index < -0.39 is 0 Å². The molecule has 0 N–H and O–H groups in total. The third kappa shape index (κ3) is 2.37. The number of ether oxygens (including phenoxy) is 1. The fourth-order valence-electron chi connectivity index (χ4n) is 2.91. The first-order valence-corrected chi connectivity index (χ1v) is 6.90. The van der Waals surface area contributed by atoms with Crippen molar-refractivity contribution in [3.05, 3.63) is 47.5 Å². The minimum absolute atomic E-state index is 0.0909. The maximum atomic E-state index is 11.4. The van der Waals surface area contributed by atoms with Crippen molar-refractivity contribution in [3.63, 3.8) is 0 Å². The van der Waals surface area contributed by atoms with Crippen LogP contribution in [0.3, 0.4) is 0 Å². The Morgan fingerprint density at radius 2 is 2.26 bits per heavy atom. The highest BCUT2D eigenvalue weighted by Crippen LogP contribution is 2.33. The summed E-state index contributed by atoms with van der Waals surface area (Å²) >= 11 is 0. The van der Waals surface area contributed by atoms with Crippen LogP contribution in [0.15, 0.2) is 40.7 Å². The van der Waals surface area contributed by atoms with E-state index in [2.05, 4.69) is 19.1 Å². The molecular weight excluding hydrogens is 240 g/mol. The molecule has 0 spiro atoms. The van der Waals surface area contributed by atoms with Crippen LogP contribution in [0.4, 0.5) is 0 Å². The zero-order valence-electron chi connectivity index (χ0n) is 11.1. The van der Waals surface area contributed by atoms with Gasteiger partial charge in [0.15, 0.2) is 0 Å². The molecule has 0 amide bonds. The van der Waals surface area contributed by atoms with Crippen LogP contribution in [-0.4, -0.2) is 12.1 Å². The zero-order chi connectivity index (χ0) is 13.2. The molecule has 19 heavy (non-hydrogen) atoms. The number of carbonyl (C=O) groups is 1. The van der Waals surface area contributed by atoms with Gasteiger partial charge in [0.05, 0.1) is 12.5 Å². The lowest BCUT2D eigenvalue weighted by atomic mass is 9.91. The summed E-state index contributed by atoms with van der Waals surface area (Å²) in [6.07, 6.45) is 13.3. The molecule has 3 nitrogen and oxygen atoms in total. The molecular formula is C16H18O3. The first kappa shape index (κ1) is 12.3. The Bertz CT molecular complexity index is 536. The van der Waals surface area contributed by atoms with Gasteiger partial charge >= 0.3 is 5.97 Å². The lowest BCUT2D eigenvalue weighted by molar-refractivity contribution is -0.138. The highest BCUT2D eigenvalue weighted by atomic mass is 16.5. The van der Waals surface area contributed by atoms with Crippen molar-refractivity contribution >= 4 is 5.97 Å². The number of esters is 1. The second-order valence-electron chi connectivity index (χ2n) is 5.23. The van der Waals surface area contributed by atoms with Crippen LogP contribution >= 0.6 is 0 Å². The van der Waals surface area contributed by atoms with Gasteiger partial charge in [0.2, 0.25) is 0 Å². The Hall–Kier alpha value is -1.77. The van der Waals surface area contributed by atoms with Gasteiger partial charge in [0.1, 0.15) is 6.10 Å². The summed E-state index contributed by atoms with van der Waals surface area (Å²) in [7, 11) is 0. The van der Waals surface area contributed by atoms with Crippen molar-refractivity contribution in [1.82, 2.24) is 0 Å². The molecule has 0 aromatic carbocycles. The molecule has 0 unspecified atom stereocenters. The van der Waals surface area contributed by atoms with Crippen molar-refractivity contribution in [2.45, 2.75) is 44.6 Å². The van der Waals surface area contributed by atoms with E-state index in [4.69, 9.17) is 9.15 Å². The molecule has 2 heterocycles. The van der Waals surface area contributed by atoms with Crippen LogP contribution in [0.25, 0.3) is 0 Å². The highest BCUT2D eigenvalue weighted by Gasteiger charge is 2.28. The monoisotopic (exact) mass is 258 g/mol. The fourth-order valence-corrected chi connectivity index (χ4v) is 2.91. The molecule has 0 bridgehead atoms. The van der Waals surface area contributed by atoms with Gasteiger partial charge in [0.25, 0.3) is 0 Å². The van der Waals surface area contributed by atoms with Gasteiger partial charge in [0, 0.05) is 30.4 Å². The van der Waals surface area contributed by atoms with Crippen LogP contribution in [0.5, 0.6) is 0 Å². The number of carbonyl (C=O) groups excluding carboxylic acids is 1. The number of allylic oxidation sites excluding steroid dienone is 1. The van der Waals surface area contributed by atoms with Crippen molar-refractivity contribution in [2.75, 3.05) is 0 Å². The van der Waals surface area contributed by atoms with Gasteiger partial charge in [-0.15, -0.1) is 0 Å². The molecule has 0 fully saturated rings.